The molecule has 0 atom stereocenters. The minimum absolute atomic E-state index is 0.514. The zero-order chi connectivity index (χ0) is 11.1. The molecule has 3 aliphatic rings. The van der Waals surface area contributed by atoms with E-state index in [1.54, 1.807) is 0 Å². The quantitative estimate of drug-likeness (QED) is 0.704. The molecule has 3 saturated carbocycles. The zero-order valence-corrected chi connectivity index (χ0v) is 10.5. The summed E-state index contributed by atoms with van der Waals surface area (Å²) in [4.78, 5) is 11.0. The fourth-order valence-corrected chi connectivity index (χ4v) is 4.15. The zero-order valence-electron chi connectivity index (χ0n) is 10.5. The van der Waals surface area contributed by atoms with Crippen molar-refractivity contribution in [3.63, 3.8) is 0 Å². The molecule has 16 heavy (non-hydrogen) atoms. The van der Waals surface area contributed by atoms with Gasteiger partial charge in [0.1, 0.15) is 5.78 Å². The van der Waals surface area contributed by atoms with Crippen LogP contribution in [0.25, 0.3) is 0 Å². The summed E-state index contributed by atoms with van der Waals surface area (Å²) >= 11 is 0. The molecular formula is C15H24O. The lowest BCUT2D eigenvalue weighted by Crippen LogP contribution is -2.43. The van der Waals surface area contributed by atoms with Crippen LogP contribution in [0.1, 0.15) is 58.3 Å². The summed E-state index contributed by atoms with van der Waals surface area (Å²) in [6, 6.07) is 0. The highest BCUT2D eigenvalue weighted by Crippen LogP contribution is 2.54. The van der Waals surface area contributed by atoms with Crippen LogP contribution in [0.4, 0.5) is 0 Å². The smallest absolute Gasteiger partial charge is 0.133 e. The Labute approximate surface area is 99.0 Å². The van der Waals surface area contributed by atoms with Crippen molar-refractivity contribution in [2.45, 2.75) is 58.3 Å². The first-order chi connectivity index (χ1) is 7.76. The predicted octanol–water partition coefficient (Wildman–Crippen LogP) is 3.82. The summed E-state index contributed by atoms with van der Waals surface area (Å²) in [7, 11) is 0. The second kappa shape index (κ2) is 4.16. The fourth-order valence-electron chi connectivity index (χ4n) is 4.15. The molecule has 3 rings (SSSR count). The third-order valence-corrected chi connectivity index (χ3v) is 5.49. The summed E-state index contributed by atoms with van der Waals surface area (Å²) < 4.78 is 0. The number of carbonyl (C=O) groups excluding carboxylic acids is 1. The highest BCUT2D eigenvalue weighted by Gasteiger charge is 2.46. The van der Waals surface area contributed by atoms with Gasteiger partial charge in [-0.05, 0) is 55.3 Å². The van der Waals surface area contributed by atoms with Gasteiger partial charge in [-0.3, -0.25) is 4.79 Å². The molecular weight excluding hydrogens is 196 g/mol. The molecule has 90 valence electrons. The molecule has 0 saturated heterocycles. The van der Waals surface area contributed by atoms with Crippen molar-refractivity contribution in [2.24, 2.45) is 29.6 Å². The number of ketones is 1. The molecule has 3 fully saturated rings. The van der Waals surface area contributed by atoms with Gasteiger partial charge in [0.05, 0.1) is 0 Å². The summed E-state index contributed by atoms with van der Waals surface area (Å²) in [5.74, 6) is 5.44. The normalized spacial score (nSPS) is 43.4. The summed E-state index contributed by atoms with van der Waals surface area (Å²) in [6.07, 6.45) is 10.6. The predicted molar refractivity (Wildman–Crippen MR) is 65.1 cm³/mol. The Balaban J connectivity index is 1.34. The Morgan fingerprint density at radius 3 is 2.06 bits per heavy atom. The van der Waals surface area contributed by atoms with E-state index in [-0.39, 0.29) is 0 Å². The average Bonchev–Trinajstić information content (AvgIpc) is 2.08. The van der Waals surface area contributed by atoms with Crippen molar-refractivity contribution in [1.29, 1.82) is 0 Å². The van der Waals surface area contributed by atoms with Crippen LogP contribution in [-0.4, -0.2) is 5.78 Å². The van der Waals surface area contributed by atoms with Gasteiger partial charge in [-0.1, -0.05) is 19.8 Å². The molecule has 3 aliphatic carbocycles. The SMILES string of the molecule is CCCC1CC(C2CC(C3CC(=O)C3)C2)C1. The van der Waals surface area contributed by atoms with Gasteiger partial charge in [0.25, 0.3) is 0 Å². The number of hydrogen-bond donors (Lipinski definition) is 0. The first kappa shape index (κ1) is 10.8. The van der Waals surface area contributed by atoms with Gasteiger partial charge in [0.15, 0.2) is 0 Å². The van der Waals surface area contributed by atoms with Crippen LogP contribution in [0.5, 0.6) is 0 Å². The molecule has 0 spiro atoms. The number of carbonyl (C=O) groups is 1. The maximum absolute atomic E-state index is 11.0. The van der Waals surface area contributed by atoms with Crippen LogP contribution in [-0.2, 0) is 4.79 Å². The molecule has 0 aromatic heterocycles. The molecule has 0 unspecified atom stereocenters. The largest absolute Gasteiger partial charge is 0.300 e. The molecule has 0 aromatic rings. The van der Waals surface area contributed by atoms with Gasteiger partial charge in [-0.2, -0.15) is 0 Å². The molecule has 1 nitrogen and oxygen atoms in total. The second-order valence-electron chi connectivity index (χ2n) is 6.58. The van der Waals surface area contributed by atoms with E-state index >= 15 is 0 Å². The fraction of sp³-hybridized carbons (Fsp3) is 0.933. The van der Waals surface area contributed by atoms with E-state index in [1.165, 1.54) is 38.5 Å². The Bertz CT molecular complexity index is 263. The molecule has 0 N–H and O–H groups in total. The van der Waals surface area contributed by atoms with E-state index in [0.717, 1.165) is 42.4 Å². The maximum atomic E-state index is 11.0. The number of rotatable bonds is 4. The lowest BCUT2D eigenvalue weighted by molar-refractivity contribution is -0.131. The Hall–Kier alpha value is -0.330. The van der Waals surface area contributed by atoms with Gasteiger partial charge in [-0.25, -0.2) is 0 Å². The molecule has 1 heteroatoms. The van der Waals surface area contributed by atoms with E-state index in [9.17, 15) is 4.79 Å². The standard InChI is InChI=1S/C15H24O/c1-2-3-10-4-11(5-10)12-6-13(7-12)14-8-15(16)9-14/h10-14H,2-9H2,1H3. The van der Waals surface area contributed by atoms with Crippen molar-refractivity contribution in [3.05, 3.63) is 0 Å². The van der Waals surface area contributed by atoms with Crippen LogP contribution in [0.3, 0.4) is 0 Å². The minimum atomic E-state index is 0.514. The lowest BCUT2D eigenvalue weighted by Gasteiger charge is -2.51. The summed E-state index contributed by atoms with van der Waals surface area (Å²) in [5, 5.41) is 0. The van der Waals surface area contributed by atoms with Gasteiger partial charge in [0, 0.05) is 12.8 Å². The van der Waals surface area contributed by atoms with Gasteiger partial charge in [0.2, 0.25) is 0 Å². The Morgan fingerprint density at radius 2 is 1.50 bits per heavy atom. The monoisotopic (exact) mass is 220 g/mol. The van der Waals surface area contributed by atoms with Crippen molar-refractivity contribution >= 4 is 5.78 Å². The third-order valence-electron chi connectivity index (χ3n) is 5.49. The van der Waals surface area contributed by atoms with Crippen LogP contribution >= 0.6 is 0 Å². The van der Waals surface area contributed by atoms with E-state index in [0.29, 0.717) is 5.78 Å². The molecule has 0 aliphatic heterocycles. The van der Waals surface area contributed by atoms with E-state index in [4.69, 9.17) is 0 Å². The second-order valence-corrected chi connectivity index (χ2v) is 6.58. The first-order valence-corrected chi connectivity index (χ1v) is 7.28. The Kier molecular flexibility index (Phi) is 2.81. The van der Waals surface area contributed by atoms with E-state index < -0.39 is 0 Å². The lowest BCUT2D eigenvalue weighted by atomic mass is 9.54. The van der Waals surface area contributed by atoms with Gasteiger partial charge >= 0.3 is 0 Å². The number of hydrogen-bond acceptors (Lipinski definition) is 1. The van der Waals surface area contributed by atoms with Crippen LogP contribution < -0.4 is 0 Å². The third kappa shape index (κ3) is 1.83. The average molecular weight is 220 g/mol. The highest BCUT2D eigenvalue weighted by atomic mass is 16.1. The van der Waals surface area contributed by atoms with Crippen LogP contribution in [0, 0.1) is 29.6 Å². The van der Waals surface area contributed by atoms with Crippen LogP contribution in [0.2, 0.25) is 0 Å². The van der Waals surface area contributed by atoms with Gasteiger partial charge in [-0.15, -0.1) is 0 Å². The summed E-state index contributed by atoms with van der Waals surface area (Å²) in [5.41, 5.74) is 0. The number of Topliss-reactive ketones (excluding diaryl/α,β-unsaturated/α-hetero) is 1. The van der Waals surface area contributed by atoms with Gasteiger partial charge < -0.3 is 0 Å². The van der Waals surface area contributed by atoms with Crippen molar-refractivity contribution in [1.82, 2.24) is 0 Å². The maximum Gasteiger partial charge on any atom is 0.133 e. The van der Waals surface area contributed by atoms with Crippen LogP contribution in [0.15, 0.2) is 0 Å². The minimum Gasteiger partial charge on any atom is -0.300 e. The molecule has 0 aromatic carbocycles. The molecule has 0 bridgehead atoms. The molecule has 0 amide bonds. The highest BCUT2D eigenvalue weighted by molar-refractivity contribution is 5.84. The molecule has 0 radical (unpaired) electrons. The van der Waals surface area contributed by atoms with E-state index in [1.807, 2.05) is 0 Å². The first-order valence-electron chi connectivity index (χ1n) is 7.28. The van der Waals surface area contributed by atoms with Crippen molar-refractivity contribution in [2.75, 3.05) is 0 Å². The topological polar surface area (TPSA) is 17.1 Å². The Morgan fingerprint density at radius 1 is 0.938 bits per heavy atom. The summed E-state index contributed by atoms with van der Waals surface area (Å²) in [6.45, 7) is 2.31. The van der Waals surface area contributed by atoms with E-state index in [2.05, 4.69) is 6.92 Å². The molecule has 0 heterocycles. The van der Waals surface area contributed by atoms with Crippen molar-refractivity contribution < 1.29 is 4.79 Å². The van der Waals surface area contributed by atoms with Crippen molar-refractivity contribution in [3.8, 4) is 0 Å².